The Labute approximate surface area is 152 Å². The van der Waals surface area contributed by atoms with Crippen LogP contribution >= 0.6 is 11.8 Å². The molecule has 2 fully saturated rings. The number of carbonyl (C=O) groups excluding carboxylic acids is 1. The van der Waals surface area contributed by atoms with Crippen molar-refractivity contribution in [2.45, 2.75) is 68.7 Å². The highest BCUT2D eigenvalue weighted by Crippen LogP contribution is 2.33. The molecule has 0 aromatic carbocycles. The molecule has 3 heterocycles. The van der Waals surface area contributed by atoms with Gasteiger partial charge in [-0.3, -0.25) is 4.79 Å². The first-order valence-electron chi connectivity index (χ1n) is 9.10. The van der Waals surface area contributed by atoms with E-state index in [4.69, 9.17) is 0 Å². The first-order valence-corrected chi connectivity index (χ1v) is 11.9. The summed E-state index contributed by atoms with van der Waals surface area (Å²) in [5.74, 6) is 1.71. The number of hydrogen-bond acceptors (Lipinski definition) is 6. The highest BCUT2D eigenvalue weighted by atomic mass is 32.2. The van der Waals surface area contributed by atoms with Crippen LogP contribution in [0.25, 0.3) is 0 Å². The smallest absolute Gasteiger partial charge is 0.233 e. The summed E-state index contributed by atoms with van der Waals surface area (Å²) in [6, 6.07) is 0.100. The molecule has 2 aliphatic heterocycles. The first kappa shape index (κ1) is 17.3. The van der Waals surface area contributed by atoms with Crippen molar-refractivity contribution in [3.63, 3.8) is 0 Å². The normalized spacial score (nSPS) is 25.4. The molecule has 9 heteroatoms. The third-order valence-electron chi connectivity index (χ3n) is 5.23. The Hall–Kier alpha value is -1.09. The van der Waals surface area contributed by atoms with Crippen LogP contribution in [0.4, 0.5) is 0 Å². The van der Waals surface area contributed by atoms with E-state index in [0.717, 1.165) is 49.6 Å². The summed E-state index contributed by atoms with van der Waals surface area (Å²) in [5.41, 5.74) is 0. The molecule has 1 aromatic rings. The lowest BCUT2D eigenvalue weighted by atomic mass is 10.2. The van der Waals surface area contributed by atoms with Crippen LogP contribution in [0.2, 0.25) is 0 Å². The molecule has 4 rings (SSSR count). The minimum absolute atomic E-state index is 0.0422. The number of fused-ring (bicyclic) bond motifs is 1. The van der Waals surface area contributed by atoms with E-state index in [-0.39, 0.29) is 29.5 Å². The lowest BCUT2D eigenvalue weighted by Crippen LogP contribution is -2.43. The number of aryl methyl sites for hydroxylation is 1. The Balaban J connectivity index is 1.42. The number of amides is 1. The number of hydrogen-bond donors (Lipinski definition) is 0. The molecule has 1 atom stereocenters. The van der Waals surface area contributed by atoms with Gasteiger partial charge in [-0.2, -0.15) is 0 Å². The quantitative estimate of drug-likeness (QED) is 0.711. The lowest BCUT2D eigenvalue weighted by Gasteiger charge is -2.28. The fourth-order valence-corrected chi connectivity index (χ4v) is 6.38. The average Bonchev–Trinajstić information content (AvgIpc) is 3.29. The van der Waals surface area contributed by atoms with Crippen molar-refractivity contribution >= 4 is 27.5 Å². The van der Waals surface area contributed by atoms with Gasteiger partial charge in [0.05, 0.1) is 17.3 Å². The molecule has 0 bridgehead atoms. The van der Waals surface area contributed by atoms with Gasteiger partial charge in [0.15, 0.2) is 15.0 Å². The van der Waals surface area contributed by atoms with Crippen molar-refractivity contribution in [1.29, 1.82) is 0 Å². The topological polar surface area (TPSA) is 85.2 Å². The number of carbonyl (C=O) groups is 1. The fourth-order valence-electron chi connectivity index (χ4n) is 3.82. The van der Waals surface area contributed by atoms with Crippen molar-refractivity contribution in [2.75, 3.05) is 17.3 Å². The molecule has 7 nitrogen and oxygen atoms in total. The summed E-state index contributed by atoms with van der Waals surface area (Å²) in [4.78, 5) is 14.7. The summed E-state index contributed by atoms with van der Waals surface area (Å²) in [7, 11) is -2.98. The summed E-state index contributed by atoms with van der Waals surface area (Å²) in [6.07, 6.45) is 7.00. The molecule has 0 spiro atoms. The van der Waals surface area contributed by atoms with Crippen LogP contribution in [0.5, 0.6) is 0 Å². The molecule has 1 saturated heterocycles. The van der Waals surface area contributed by atoms with E-state index in [1.165, 1.54) is 18.2 Å². The van der Waals surface area contributed by atoms with Gasteiger partial charge in [-0.15, -0.1) is 10.2 Å². The molecular weight excluding hydrogens is 360 g/mol. The second-order valence-electron chi connectivity index (χ2n) is 7.24. The Kier molecular flexibility index (Phi) is 4.79. The molecule has 1 aliphatic carbocycles. The van der Waals surface area contributed by atoms with E-state index in [1.807, 2.05) is 4.90 Å². The van der Waals surface area contributed by atoms with Gasteiger partial charge in [0.25, 0.3) is 0 Å². The second kappa shape index (κ2) is 6.90. The predicted octanol–water partition coefficient (Wildman–Crippen LogP) is 1.27. The number of thioether (sulfide) groups is 1. The van der Waals surface area contributed by atoms with Gasteiger partial charge in [-0.05, 0) is 32.1 Å². The van der Waals surface area contributed by atoms with Crippen molar-refractivity contribution < 1.29 is 13.2 Å². The molecule has 0 unspecified atom stereocenters. The van der Waals surface area contributed by atoms with Gasteiger partial charge in [0, 0.05) is 25.0 Å². The zero-order valence-corrected chi connectivity index (χ0v) is 15.9. The van der Waals surface area contributed by atoms with Crippen molar-refractivity contribution in [3.05, 3.63) is 5.82 Å². The van der Waals surface area contributed by atoms with Crippen LogP contribution < -0.4 is 0 Å². The molecule has 1 saturated carbocycles. The van der Waals surface area contributed by atoms with Gasteiger partial charge in [-0.1, -0.05) is 18.2 Å². The average molecular weight is 385 g/mol. The minimum atomic E-state index is -2.98. The van der Waals surface area contributed by atoms with Crippen LogP contribution in [-0.2, 0) is 27.6 Å². The zero-order chi connectivity index (χ0) is 17.4. The van der Waals surface area contributed by atoms with Crippen LogP contribution in [0.1, 0.15) is 44.3 Å². The lowest BCUT2D eigenvalue weighted by molar-refractivity contribution is -0.130. The van der Waals surface area contributed by atoms with E-state index < -0.39 is 9.84 Å². The van der Waals surface area contributed by atoms with Gasteiger partial charge < -0.3 is 9.47 Å². The molecule has 0 N–H and O–H groups in total. The first-order chi connectivity index (χ1) is 12.0. The maximum atomic E-state index is 12.8. The number of sulfone groups is 1. The molecule has 0 radical (unpaired) electrons. The Morgan fingerprint density at radius 1 is 1.16 bits per heavy atom. The fraction of sp³-hybridized carbons (Fsp3) is 0.812. The van der Waals surface area contributed by atoms with Crippen LogP contribution in [0.3, 0.4) is 0 Å². The van der Waals surface area contributed by atoms with Crippen LogP contribution in [-0.4, -0.2) is 63.3 Å². The summed E-state index contributed by atoms with van der Waals surface area (Å²) in [5, 5.41) is 9.35. The number of nitrogens with zero attached hydrogens (tertiary/aromatic N) is 4. The Morgan fingerprint density at radius 3 is 2.72 bits per heavy atom. The van der Waals surface area contributed by atoms with Gasteiger partial charge >= 0.3 is 0 Å². The van der Waals surface area contributed by atoms with Gasteiger partial charge in [0.1, 0.15) is 5.82 Å². The molecule has 3 aliphatic rings. The van der Waals surface area contributed by atoms with Gasteiger partial charge in [0.2, 0.25) is 5.91 Å². The summed E-state index contributed by atoms with van der Waals surface area (Å²) in [6.45, 7) is 0.923. The highest BCUT2D eigenvalue weighted by molar-refractivity contribution is 7.99. The van der Waals surface area contributed by atoms with E-state index in [1.54, 1.807) is 0 Å². The van der Waals surface area contributed by atoms with E-state index in [9.17, 15) is 13.2 Å². The Bertz CT molecular complexity index is 757. The van der Waals surface area contributed by atoms with Crippen molar-refractivity contribution in [1.82, 2.24) is 19.7 Å². The monoisotopic (exact) mass is 384 g/mol. The largest absolute Gasteiger partial charge is 0.335 e. The third-order valence-corrected chi connectivity index (χ3v) is 7.93. The molecule has 1 amide bonds. The molecule has 138 valence electrons. The van der Waals surface area contributed by atoms with Gasteiger partial charge in [-0.25, -0.2) is 8.42 Å². The van der Waals surface area contributed by atoms with Crippen LogP contribution in [0, 0.1) is 0 Å². The van der Waals surface area contributed by atoms with Crippen molar-refractivity contribution in [2.24, 2.45) is 0 Å². The van der Waals surface area contributed by atoms with Crippen molar-refractivity contribution in [3.8, 4) is 0 Å². The number of aromatic nitrogens is 3. The van der Waals surface area contributed by atoms with Crippen LogP contribution in [0.15, 0.2) is 5.16 Å². The Morgan fingerprint density at radius 2 is 2.00 bits per heavy atom. The zero-order valence-electron chi connectivity index (χ0n) is 14.3. The predicted molar refractivity (Wildman–Crippen MR) is 95.2 cm³/mol. The van der Waals surface area contributed by atoms with E-state index in [0.29, 0.717) is 12.2 Å². The SMILES string of the molecule is O=C(CSc1nnc2n1CCCCC2)N(C1CC1)[C@@H]1CCS(=O)(=O)C1. The molecular formula is C16H24N4O3S2. The number of rotatable bonds is 5. The minimum Gasteiger partial charge on any atom is -0.335 e. The third kappa shape index (κ3) is 3.86. The highest BCUT2D eigenvalue weighted by Gasteiger charge is 2.42. The molecule has 1 aromatic heterocycles. The second-order valence-corrected chi connectivity index (χ2v) is 10.4. The standard InChI is InChI=1S/C16H24N4O3S2/c21-15(20(12-5-6-12)13-7-9-25(22,23)11-13)10-24-16-18-17-14-4-2-1-3-8-19(14)16/h12-13H,1-11H2/t13-/m1/s1. The maximum Gasteiger partial charge on any atom is 0.233 e. The summed E-state index contributed by atoms with van der Waals surface area (Å²) >= 11 is 1.44. The van der Waals surface area contributed by atoms with E-state index >= 15 is 0 Å². The summed E-state index contributed by atoms with van der Waals surface area (Å²) < 4.78 is 25.7. The van der Waals surface area contributed by atoms with E-state index in [2.05, 4.69) is 14.8 Å². The molecule has 25 heavy (non-hydrogen) atoms. The maximum absolute atomic E-state index is 12.8.